The Bertz CT molecular complexity index is 541. The molecule has 7 heteroatoms. The van der Waals surface area contributed by atoms with Crippen molar-refractivity contribution >= 4 is 11.9 Å². The summed E-state index contributed by atoms with van der Waals surface area (Å²) in [5.74, 6) is -1.54. The maximum Gasteiger partial charge on any atom is 0.338 e. The van der Waals surface area contributed by atoms with Gasteiger partial charge in [0.25, 0.3) is 5.91 Å². The summed E-state index contributed by atoms with van der Waals surface area (Å²) >= 11 is 0. The molecular formula is C14H18N2O5. The molecule has 1 aromatic heterocycles. The van der Waals surface area contributed by atoms with Crippen molar-refractivity contribution in [1.82, 2.24) is 10.2 Å². The number of carboxylic acid groups (broad SMARTS) is 1. The summed E-state index contributed by atoms with van der Waals surface area (Å²) in [6, 6.07) is 1.75. The molecular weight excluding hydrogens is 276 g/mol. The normalized spacial score (nSPS) is 25.5. The summed E-state index contributed by atoms with van der Waals surface area (Å²) < 4.78 is 10.7. The Morgan fingerprint density at radius 3 is 3.10 bits per heavy atom. The van der Waals surface area contributed by atoms with Crippen molar-refractivity contribution in [3.8, 4) is 0 Å². The van der Waals surface area contributed by atoms with Gasteiger partial charge in [-0.15, -0.1) is 0 Å². The monoisotopic (exact) mass is 294 g/mol. The van der Waals surface area contributed by atoms with Gasteiger partial charge in [0.1, 0.15) is 6.26 Å². The van der Waals surface area contributed by atoms with Gasteiger partial charge in [-0.25, -0.2) is 4.79 Å². The number of carboxylic acids is 1. The third-order valence-electron chi connectivity index (χ3n) is 4.02. The molecule has 2 aliphatic heterocycles. The van der Waals surface area contributed by atoms with Crippen LogP contribution in [0.4, 0.5) is 0 Å². The Morgan fingerprint density at radius 2 is 2.33 bits per heavy atom. The molecule has 2 fully saturated rings. The van der Waals surface area contributed by atoms with Crippen LogP contribution < -0.4 is 5.32 Å². The molecule has 1 amide bonds. The number of aromatic carboxylic acids is 1. The molecule has 0 bridgehead atoms. The molecule has 21 heavy (non-hydrogen) atoms. The lowest BCUT2D eigenvalue weighted by atomic mass is 10.2. The lowest BCUT2D eigenvalue weighted by Gasteiger charge is -2.35. The molecule has 2 unspecified atom stereocenters. The van der Waals surface area contributed by atoms with E-state index >= 15 is 0 Å². The molecule has 0 saturated carbocycles. The zero-order valence-electron chi connectivity index (χ0n) is 11.6. The smallest absolute Gasteiger partial charge is 0.338 e. The van der Waals surface area contributed by atoms with Crippen molar-refractivity contribution < 1.29 is 23.8 Å². The Balaban J connectivity index is 1.50. The zero-order valence-corrected chi connectivity index (χ0v) is 11.6. The van der Waals surface area contributed by atoms with Crippen LogP contribution in [0.3, 0.4) is 0 Å². The number of morpholine rings is 1. The van der Waals surface area contributed by atoms with Crippen LogP contribution in [0.2, 0.25) is 0 Å². The molecule has 2 aliphatic rings. The predicted molar refractivity (Wildman–Crippen MR) is 72.3 cm³/mol. The molecule has 2 atom stereocenters. The summed E-state index contributed by atoms with van der Waals surface area (Å²) in [7, 11) is 0. The summed E-state index contributed by atoms with van der Waals surface area (Å²) in [5.41, 5.74) is -0.0334. The van der Waals surface area contributed by atoms with Gasteiger partial charge in [-0.3, -0.25) is 9.69 Å². The highest BCUT2D eigenvalue weighted by Crippen LogP contribution is 2.22. The Morgan fingerprint density at radius 1 is 1.48 bits per heavy atom. The number of amides is 1. The lowest BCUT2D eigenvalue weighted by molar-refractivity contribution is -0.0462. The number of ether oxygens (including phenoxy) is 1. The van der Waals surface area contributed by atoms with Gasteiger partial charge in [0.05, 0.1) is 18.3 Å². The highest BCUT2D eigenvalue weighted by Gasteiger charge is 2.32. The third kappa shape index (κ3) is 3.08. The molecule has 0 spiro atoms. The molecule has 1 aromatic rings. The van der Waals surface area contributed by atoms with Crippen LogP contribution in [0, 0.1) is 0 Å². The SMILES string of the molecule is O=C(O)c1coc(C(=O)NCC2CN3CCCC3CO2)c1. The molecule has 0 aliphatic carbocycles. The average Bonchev–Trinajstić information content (AvgIpc) is 3.12. The number of nitrogens with one attached hydrogen (secondary N) is 1. The van der Waals surface area contributed by atoms with Crippen LogP contribution in [-0.4, -0.2) is 60.3 Å². The first-order valence-corrected chi connectivity index (χ1v) is 7.09. The van der Waals surface area contributed by atoms with Crippen molar-refractivity contribution in [1.29, 1.82) is 0 Å². The molecule has 2 N–H and O–H groups in total. The standard InChI is InChI=1S/C14H18N2O5/c17-13(12-4-9(7-21-12)14(18)19)15-5-11-6-16-3-1-2-10(16)8-20-11/h4,7,10-11H,1-3,5-6,8H2,(H,15,17)(H,18,19). The minimum Gasteiger partial charge on any atom is -0.478 e. The molecule has 0 radical (unpaired) electrons. The van der Waals surface area contributed by atoms with E-state index in [1.165, 1.54) is 18.9 Å². The molecule has 7 nitrogen and oxygen atoms in total. The Labute approximate surface area is 121 Å². The van der Waals surface area contributed by atoms with Gasteiger partial charge in [0, 0.05) is 25.2 Å². The summed E-state index contributed by atoms with van der Waals surface area (Å²) in [6.07, 6.45) is 3.42. The van der Waals surface area contributed by atoms with Crippen LogP contribution in [0.25, 0.3) is 0 Å². The van der Waals surface area contributed by atoms with E-state index in [4.69, 9.17) is 14.3 Å². The third-order valence-corrected chi connectivity index (χ3v) is 4.02. The maximum absolute atomic E-state index is 11.9. The van der Waals surface area contributed by atoms with Crippen molar-refractivity contribution in [3.05, 3.63) is 23.7 Å². The number of carbonyl (C=O) groups excluding carboxylic acids is 1. The van der Waals surface area contributed by atoms with E-state index < -0.39 is 11.9 Å². The lowest BCUT2D eigenvalue weighted by Crippen LogP contribution is -2.50. The van der Waals surface area contributed by atoms with Crippen LogP contribution in [0.15, 0.2) is 16.7 Å². The second kappa shape index (κ2) is 5.87. The minimum atomic E-state index is -1.12. The number of nitrogens with zero attached hydrogens (tertiary/aromatic N) is 1. The highest BCUT2D eigenvalue weighted by atomic mass is 16.5. The van der Waals surface area contributed by atoms with E-state index in [-0.39, 0.29) is 17.4 Å². The predicted octanol–water partition coefficient (Wildman–Crippen LogP) is 0.571. The van der Waals surface area contributed by atoms with Crippen molar-refractivity contribution in [2.45, 2.75) is 25.0 Å². The van der Waals surface area contributed by atoms with Crippen molar-refractivity contribution in [3.63, 3.8) is 0 Å². The van der Waals surface area contributed by atoms with E-state index in [0.717, 1.165) is 19.4 Å². The molecule has 3 rings (SSSR count). The van der Waals surface area contributed by atoms with Gasteiger partial charge in [0.15, 0.2) is 5.76 Å². The topological polar surface area (TPSA) is 92.0 Å². The van der Waals surface area contributed by atoms with Gasteiger partial charge < -0.3 is 19.6 Å². The van der Waals surface area contributed by atoms with E-state index in [9.17, 15) is 9.59 Å². The number of furan rings is 1. The van der Waals surface area contributed by atoms with Crippen LogP contribution in [0.1, 0.15) is 33.8 Å². The number of rotatable bonds is 4. The van der Waals surface area contributed by atoms with E-state index in [2.05, 4.69) is 10.2 Å². The molecule has 114 valence electrons. The zero-order chi connectivity index (χ0) is 14.8. The van der Waals surface area contributed by atoms with Crippen LogP contribution in [-0.2, 0) is 4.74 Å². The van der Waals surface area contributed by atoms with Crippen LogP contribution >= 0.6 is 0 Å². The summed E-state index contributed by atoms with van der Waals surface area (Å²) in [5, 5.41) is 11.5. The second-order valence-electron chi connectivity index (χ2n) is 5.46. The first-order valence-electron chi connectivity index (χ1n) is 7.09. The largest absolute Gasteiger partial charge is 0.478 e. The van der Waals surface area contributed by atoms with Crippen LogP contribution in [0.5, 0.6) is 0 Å². The van der Waals surface area contributed by atoms with Gasteiger partial charge in [-0.2, -0.15) is 0 Å². The fourth-order valence-electron chi connectivity index (χ4n) is 2.87. The number of hydrogen-bond donors (Lipinski definition) is 2. The van der Waals surface area contributed by atoms with E-state index in [1.54, 1.807) is 0 Å². The number of fused-ring (bicyclic) bond motifs is 1. The van der Waals surface area contributed by atoms with Gasteiger partial charge in [-0.05, 0) is 19.4 Å². The Kier molecular flexibility index (Phi) is 3.94. The van der Waals surface area contributed by atoms with E-state index in [1.807, 2.05) is 0 Å². The van der Waals surface area contributed by atoms with Gasteiger partial charge >= 0.3 is 5.97 Å². The molecule has 0 aromatic carbocycles. The molecule has 2 saturated heterocycles. The molecule has 3 heterocycles. The second-order valence-corrected chi connectivity index (χ2v) is 5.46. The Hall–Kier alpha value is -1.86. The summed E-state index contributed by atoms with van der Waals surface area (Å²) in [6.45, 7) is 3.03. The number of carbonyl (C=O) groups is 2. The highest BCUT2D eigenvalue weighted by molar-refractivity contribution is 5.95. The van der Waals surface area contributed by atoms with Gasteiger partial charge in [0.2, 0.25) is 0 Å². The average molecular weight is 294 g/mol. The quantitative estimate of drug-likeness (QED) is 0.843. The summed E-state index contributed by atoms with van der Waals surface area (Å²) in [4.78, 5) is 25.0. The van der Waals surface area contributed by atoms with Crippen molar-refractivity contribution in [2.24, 2.45) is 0 Å². The minimum absolute atomic E-state index is 0.00209. The van der Waals surface area contributed by atoms with Gasteiger partial charge in [-0.1, -0.05) is 0 Å². The van der Waals surface area contributed by atoms with E-state index in [0.29, 0.717) is 19.2 Å². The number of hydrogen-bond acceptors (Lipinski definition) is 5. The first-order chi connectivity index (χ1) is 10.1. The van der Waals surface area contributed by atoms with Crippen molar-refractivity contribution in [2.75, 3.05) is 26.2 Å². The first kappa shape index (κ1) is 14.1. The fourth-order valence-corrected chi connectivity index (χ4v) is 2.87. The fraction of sp³-hybridized carbons (Fsp3) is 0.571. The maximum atomic E-state index is 11.9.